The molecule has 0 aliphatic carbocycles. The SMILES string of the molecule is CC1(C)COC([C@@H](O)[C@@H](O)c2ccccc2)OC1. The van der Waals surface area contributed by atoms with E-state index in [4.69, 9.17) is 9.47 Å². The molecule has 100 valence electrons. The number of aliphatic hydroxyl groups excluding tert-OH is 2. The Kier molecular flexibility index (Phi) is 4.02. The zero-order valence-electron chi connectivity index (χ0n) is 10.7. The van der Waals surface area contributed by atoms with Gasteiger partial charge >= 0.3 is 0 Å². The Hall–Kier alpha value is -0.940. The van der Waals surface area contributed by atoms with Gasteiger partial charge < -0.3 is 19.7 Å². The number of aliphatic hydroxyl groups is 2. The Morgan fingerprint density at radius 3 is 2.22 bits per heavy atom. The molecule has 4 nitrogen and oxygen atoms in total. The van der Waals surface area contributed by atoms with Crippen LogP contribution in [0.15, 0.2) is 30.3 Å². The van der Waals surface area contributed by atoms with Gasteiger partial charge in [0.05, 0.1) is 13.2 Å². The van der Waals surface area contributed by atoms with Crippen molar-refractivity contribution in [3.05, 3.63) is 35.9 Å². The lowest BCUT2D eigenvalue weighted by molar-refractivity contribution is -0.270. The Balaban J connectivity index is 1.98. The second-order valence-corrected chi connectivity index (χ2v) is 5.50. The van der Waals surface area contributed by atoms with Gasteiger partial charge in [0.2, 0.25) is 0 Å². The van der Waals surface area contributed by atoms with Gasteiger partial charge in [0.1, 0.15) is 12.2 Å². The van der Waals surface area contributed by atoms with Gasteiger partial charge in [-0.25, -0.2) is 0 Å². The summed E-state index contributed by atoms with van der Waals surface area (Å²) < 4.78 is 10.9. The molecule has 1 heterocycles. The highest BCUT2D eigenvalue weighted by Gasteiger charge is 2.35. The van der Waals surface area contributed by atoms with E-state index in [0.717, 1.165) is 0 Å². The largest absolute Gasteiger partial charge is 0.385 e. The average Bonchev–Trinajstić information content (AvgIpc) is 2.38. The van der Waals surface area contributed by atoms with Gasteiger partial charge in [-0.3, -0.25) is 0 Å². The van der Waals surface area contributed by atoms with Crippen LogP contribution in [-0.2, 0) is 9.47 Å². The van der Waals surface area contributed by atoms with Gasteiger partial charge in [0, 0.05) is 5.41 Å². The molecule has 0 spiro atoms. The van der Waals surface area contributed by atoms with E-state index in [9.17, 15) is 10.2 Å². The lowest BCUT2D eigenvalue weighted by Gasteiger charge is -2.37. The number of rotatable bonds is 3. The first-order chi connectivity index (χ1) is 8.49. The second kappa shape index (κ2) is 5.36. The predicted octanol–water partition coefficient (Wildman–Crippen LogP) is 1.48. The predicted molar refractivity (Wildman–Crippen MR) is 66.9 cm³/mol. The summed E-state index contributed by atoms with van der Waals surface area (Å²) in [4.78, 5) is 0. The van der Waals surface area contributed by atoms with Gasteiger partial charge in [0.15, 0.2) is 6.29 Å². The maximum absolute atomic E-state index is 10.1. The molecule has 0 amide bonds. The van der Waals surface area contributed by atoms with Crippen LogP contribution in [0.2, 0.25) is 0 Å². The highest BCUT2D eigenvalue weighted by molar-refractivity contribution is 5.18. The van der Waals surface area contributed by atoms with Crippen molar-refractivity contribution in [2.24, 2.45) is 5.41 Å². The van der Waals surface area contributed by atoms with E-state index >= 15 is 0 Å². The van der Waals surface area contributed by atoms with Crippen molar-refractivity contribution in [2.45, 2.75) is 32.3 Å². The molecule has 0 unspecified atom stereocenters. The van der Waals surface area contributed by atoms with E-state index in [2.05, 4.69) is 0 Å². The molecular weight excluding hydrogens is 232 g/mol. The van der Waals surface area contributed by atoms with E-state index in [1.165, 1.54) is 0 Å². The summed E-state index contributed by atoms with van der Waals surface area (Å²) in [6.07, 6.45) is -2.85. The molecule has 4 heteroatoms. The zero-order valence-corrected chi connectivity index (χ0v) is 10.7. The maximum atomic E-state index is 10.1. The summed E-state index contributed by atoms with van der Waals surface area (Å²) in [6, 6.07) is 9.02. The Morgan fingerprint density at radius 2 is 1.67 bits per heavy atom. The summed E-state index contributed by atoms with van der Waals surface area (Å²) in [5, 5.41) is 20.1. The van der Waals surface area contributed by atoms with Crippen molar-refractivity contribution >= 4 is 0 Å². The van der Waals surface area contributed by atoms with Crippen molar-refractivity contribution in [1.82, 2.24) is 0 Å². The van der Waals surface area contributed by atoms with Crippen molar-refractivity contribution in [3.8, 4) is 0 Å². The van der Waals surface area contributed by atoms with E-state index in [1.54, 1.807) is 12.1 Å². The fraction of sp³-hybridized carbons (Fsp3) is 0.571. The third kappa shape index (κ3) is 3.09. The quantitative estimate of drug-likeness (QED) is 0.855. The minimum absolute atomic E-state index is 0.0477. The first-order valence-corrected chi connectivity index (χ1v) is 6.14. The van der Waals surface area contributed by atoms with Gasteiger partial charge in [-0.2, -0.15) is 0 Å². The Bertz CT molecular complexity index is 367. The van der Waals surface area contributed by atoms with E-state index in [0.29, 0.717) is 18.8 Å². The van der Waals surface area contributed by atoms with Crippen LogP contribution in [0, 0.1) is 5.41 Å². The molecule has 1 aromatic carbocycles. The molecule has 2 rings (SSSR count). The number of benzene rings is 1. The molecule has 1 aliphatic heterocycles. The molecule has 0 bridgehead atoms. The molecule has 0 radical (unpaired) electrons. The lowest BCUT2D eigenvalue weighted by atomic mass is 9.95. The number of hydrogen-bond acceptors (Lipinski definition) is 4. The van der Waals surface area contributed by atoms with Gasteiger partial charge in [-0.1, -0.05) is 44.2 Å². The summed E-state index contributed by atoms with van der Waals surface area (Å²) in [7, 11) is 0. The fourth-order valence-electron chi connectivity index (χ4n) is 1.90. The molecule has 1 aliphatic rings. The fourth-order valence-corrected chi connectivity index (χ4v) is 1.90. The van der Waals surface area contributed by atoms with Crippen LogP contribution in [0.25, 0.3) is 0 Å². The number of ether oxygens (including phenoxy) is 2. The van der Waals surface area contributed by atoms with Crippen LogP contribution in [0.5, 0.6) is 0 Å². The molecule has 1 fully saturated rings. The van der Waals surface area contributed by atoms with Crippen LogP contribution in [0.4, 0.5) is 0 Å². The maximum Gasteiger partial charge on any atom is 0.186 e. The zero-order chi connectivity index (χ0) is 13.2. The van der Waals surface area contributed by atoms with Crippen LogP contribution < -0.4 is 0 Å². The standard InChI is InChI=1S/C14H20O4/c1-14(2)8-17-13(18-9-14)12(16)11(15)10-6-4-3-5-7-10/h3-7,11-13,15-16H,8-9H2,1-2H3/t11-,12-/m0/s1. The van der Waals surface area contributed by atoms with Crippen molar-refractivity contribution in [3.63, 3.8) is 0 Å². The third-order valence-electron chi connectivity index (χ3n) is 3.02. The highest BCUT2D eigenvalue weighted by atomic mass is 16.7. The topological polar surface area (TPSA) is 58.9 Å². The molecule has 1 aromatic rings. The number of hydrogen-bond donors (Lipinski definition) is 2. The molecule has 0 aromatic heterocycles. The van der Waals surface area contributed by atoms with Gasteiger partial charge in [-0.15, -0.1) is 0 Å². The summed E-state index contributed by atoms with van der Waals surface area (Å²) >= 11 is 0. The minimum atomic E-state index is -1.08. The lowest BCUT2D eigenvalue weighted by Crippen LogP contribution is -2.45. The van der Waals surface area contributed by atoms with Crippen molar-refractivity contribution in [2.75, 3.05) is 13.2 Å². The van der Waals surface area contributed by atoms with Crippen LogP contribution in [0.1, 0.15) is 25.5 Å². The summed E-state index contributed by atoms with van der Waals surface area (Å²) in [5.74, 6) is 0. The molecule has 18 heavy (non-hydrogen) atoms. The molecule has 0 saturated carbocycles. The van der Waals surface area contributed by atoms with Crippen LogP contribution in [-0.4, -0.2) is 35.8 Å². The third-order valence-corrected chi connectivity index (χ3v) is 3.02. The summed E-state index contributed by atoms with van der Waals surface area (Å²) in [5.41, 5.74) is 0.607. The van der Waals surface area contributed by atoms with Gasteiger partial charge in [0.25, 0.3) is 0 Å². The van der Waals surface area contributed by atoms with E-state index < -0.39 is 18.5 Å². The highest BCUT2D eigenvalue weighted by Crippen LogP contribution is 2.28. The van der Waals surface area contributed by atoms with E-state index in [1.807, 2.05) is 32.0 Å². The smallest absolute Gasteiger partial charge is 0.186 e. The molecule has 2 N–H and O–H groups in total. The van der Waals surface area contributed by atoms with Crippen molar-refractivity contribution < 1.29 is 19.7 Å². The average molecular weight is 252 g/mol. The summed E-state index contributed by atoms with van der Waals surface area (Å²) in [6.45, 7) is 5.08. The Morgan fingerprint density at radius 1 is 1.11 bits per heavy atom. The monoisotopic (exact) mass is 252 g/mol. The molecule has 2 atom stereocenters. The minimum Gasteiger partial charge on any atom is -0.385 e. The molecular formula is C14H20O4. The van der Waals surface area contributed by atoms with Gasteiger partial charge in [-0.05, 0) is 5.56 Å². The molecule has 1 saturated heterocycles. The van der Waals surface area contributed by atoms with E-state index in [-0.39, 0.29) is 5.41 Å². The Labute approximate surface area is 107 Å². The normalized spacial score (nSPS) is 23.6. The first kappa shape index (κ1) is 13.5. The van der Waals surface area contributed by atoms with Crippen LogP contribution >= 0.6 is 0 Å². The van der Waals surface area contributed by atoms with Crippen molar-refractivity contribution in [1.29, 1.82) is 0 Å². The second-order valence-electron chi connectivity index (χ2n) is 5.50. The van der Waals surface area contributed by atoms with Crippen LogP contribution in [0.3, 0.4) is 0 Å². The first-order valence-electron chi connectivity index (χ1n) is 6.14.